The molecule has 0 aromatic carbocycles. The van der Waals surface area contributed by atoms with E-state index in [0.717, 1.165) is 19.0 Å². The van der Waals surface area contributed by atoms with E-state index in [0.29, 0.717) is 18.5 Å². The van der Waals surface area contributed by atoms with Crippen molar-refractivity contribution in [3.63, 3.8) is 0 Å². The molecule has 0 bridgehead atoms. The number of methoxy groups -OCH3 is 1. The number of hydrogen-bond donors (Lipinski definition) is 1. The van der Waals surface area contributed by atoms with Crippen LogP contribution in [-0.2, 0) is 0 Å². The average Bonchev–Trinajstić information content (AvgIpc) is 2.89. The molecule has 18 heavy (non-hydrogen) atoms. The summed E-state index contributed by atoms with van der Waals surface area (Å²) in [5, 5.41) is 0. The van der Waals surface area contributed by atoms with E-state index in [1.807, 2.05) is 12.3 Å². The monoisotopic (exact) mass is 249 g/mol. The van der Waals surface area contributed by atoms with Gasteiger partial charge in [-0.05, 0) is 24.4 Å². The number of nitrogens with two attached hydrogens (primary N) is 1. The molecule has 4 nitrogen and oxygen atoms in total. The van der Waals surface area contributed by atoms with Gasteiger partial charge in [0.15, 0.2) is 0 Å². The minimum Gasteiger partial charge on any atom is -0.481 e. The molecule has 0 saturated carbocycles. The summed E-state index contributed by atoms with van der Waals surface area (Å²) in [5.74, 6) is 1.48. The Bertz CT molecular complexity index is 366. The van der Waals surface area contributed by atoms with Gasteiger partial charge in [0.2, 0.25) is 5.88 Å². The van der Waals surface area contributed by atoms with E-state index in [2.05, 4.69) is 22.9 Å². The Hall–Kier alpha value is -1.13. The molecular weight excluding hydrogens is 226 g/mol. The molecule has 1 aromatic rings. The number of aromatic nitrogens is 1. The normalized spacial score (nSPS) is 22.1. The first-order valence-corrected chi connectivity index (χ1v) is 6.72. The van der Waals surface area contributed by atoms with Crippen molar-refractivity contribution in [3.8, 4) is 5.88 Å². The summed E-state index contributed by atoms with van der Waals surface area (Å²) >= 11 is 0. The van der Waals surface area contributed by atoms with Crippen molar-refractivity contribution < 1.29 is 4.74 Å². The van der Waals surface area contributed by atoms with Gasteiger partial charge >= 0.3 is 0 Å². The number of hydrogen-bond acceptors (Lipinski definition) is 4. The molecule has 2 unspecified atom stereocenters. The van der Waals surface area contributed by atoms with Crippen LogP contribution in [0.15, 0.2) is 18.3 Å². The van der Waals surface area contributed by atoms with Crippen LogP contribution in [0.4, 0.5) is 0 Å². The summed E-state index contributed by atoms with van der Waals surface area (Å²) in [6.07, 6.45) is 4.43. The SMILES string of the molecule is CCC1CCN(C(CN)c2ccc(OC)nc2)C1. The molecule has 0 amide bonds. The van der Waals surface area contributed by atoms with Crippen LogP contribution in [-0.4, -0.2) is 36.6 Å². The van der Waals surface area contributed by atoms with Crippen molar-refractivity contribution in [1.29, 1.82) is 0 Å². The van der Waals surface area contributed by atoms with Crippen LogP contribution in [0, 0.1) is 5.92 Å². The Kier molecular flexibility index (Phi) is 4.55. The van der Waals surface area contributed by atoms with E-state index in [9.17, 15) is 0 Å². The molecule has 2 rings (SSSR count). The second-order valence-electron chi connectivity index (χ2n) is 4.94. The topological polar surface area (TPSA) is 51.4 Å². The predicted octanol–water partition coefficient (Wildman–Crippen LogP) is 1.82. The third-order valence-corrected chi connectivity index (χ3v) is 3.91. The molecule has 2 heterocycles. The fraction of sp³-hybridized carbons (Fsp3) is 0.643. The number of nitrogens with zero attached hydrogens (tertiary/aromatic N) is 2. The Morgan fingerprint density at radius 2 is 2.39 bits per heavy atom. The number of ether oxygens (including phenoxy) is 1. The fourth-order valence-electron chi connectivity index (χ4n) is 2.68. The molecule has 0 aliphatic carbocycles. The van der Waals surface area contributed by atoms with Crippen molar-refractivity contribution in [3.05, 3.63) is 23.9 Å². The van der Waals surface area contributed by atoms with Gasteiger partial charge in [-0.25, -0.2) is 4.98 Å². The smallest absolute Gasteiger partial charge is 0.212 e. The molecule has 4 heteroatoms. The van der Waals surface area contributed by atoms with Crippen LogP contribution in [0.2, 0.25) is 0 Å². The third-order valence-electron chi connectivity index (χ3n) is 3.91. The minimum absolute atomic E-state index is 0.292. The third kappa shape index (κ3) is 2.82. The largest absolute Gasteiger partial charge is 0.481 e. The van der Waals surface area contributed by atoms with Gasteiger partial charge < -0.3 is 10.5 Å². The highest BCUT2D eigenvalue weighted by Crippen LogP contribution is 2.28. The molecule has 1 saturated heterocycles. The lowest BCUT2D eigenvalue weighted by atomic mass is 10.1. The highest BCUT2D eigenvalue weighted by atomic mass is 16.5. The number of likely N-dealkylation sites (tertiary alicyclic amines) is 1. The van der Waals surface area contributed by atoms with E-state index < -0.39 is 0 Å². The first kappa shape index (κ1) is 13.3. The fourth-order valence-corrected chi connectivity index (χ4v) is 2.68. The molecule has 2 N–H and O–H groups in total. The first-order valence-electron chi connectivity index (χ1n) is 6.72. The lowest BCUT2D eigenvalue weighted by molar-refractivity contribution is 0.240. The van der Waals surface area contributed by atoms with Crippen LogP contribution < -0.4 is 10.5 Å². The van der Waals surface area contributed by atoms with Gasteiger partial charge in [0.05, 0.1) is 7.11 Å². The Morgan fingerprint density at radius 1 is 1.56 bits per heavy atom. The highest BCUT2D eigenvalue weighted by molar-refractivity contribution is 5.21. The summed E-state index contributed by atoms with van der Waals surface area (Å²) in [4.78, 5) is 6.76. The van der Waals surface area contributed by atoms with Crippen LogP contribution in [0.3, 0.4) is 0 Å². The van der Waals surface area contributed by atoms with Gasteiger partial charge in [-0.15, -0.1) is 0 Å². The number of rotatable bonds is 5. The van der Waals surface area contributed by atoms with Gasteiger partial charge in [0.1, 0.15) is 0 Å². The summed E-state index contributed by atoms with van der Waals surface area (Å²) in [6.45, 7) is 5.21. The van der Waals surface area contributed by atoms with Crippen LogP contribution >= 0.6 is 0 Å². The maximum absolute atomic E-state index is 5.94. The van der Waals surface area contributed by atoms with E-state index in [4.69, 9.17) is 10.5 Å². The van der Waals surface area contributed by atoms with Gasteiger partial charge in [-0.1, -0.05) is 19.4 Å². The van der Waals surface area contributed by atoms with Gasteiger partial charge in [0.25, 0.3) is 0 Å². The second-order valence-corrected chi connectivity index (χ2v) is 4.94. The summed E-state index contributed by atoms with van der Waals surface area (Å²) in [6, 6.07) is 4.27. The molecule has 1 aliphatic rings. The molecule has 1 fully saturated rings. The van der Waals surface area contributed by atoms with Crippen molar-refractivity contribution in [1.82, 2.24) is 9.88 Å². The van der Waals surface area contributed by atoms with Crippen LogP contribution in [0.5, 0.6) is 5.88 Å². The maximum Gasteiger partial charge on any atom is 0.212 e. The van der Waals surface area contributed by atoms with Gasteiger partial charge in [-0.2, -0.15) is 0 Å². The molecule has 2 atom stereocenters. The molecule has 1 aliphatic heterocycles. The first-order chi connectivity index (χ1) is 8.78. The lowest BCUT2D eigenvalue weighted by Crippen LogP contribution is -2.32. The van der Waals surface area contributed by atoms with Crippen molar-refractivity contribution in [2.45, 2.75) is 25.8 Å². The molecule has 100 valence electrons. The van der Waals surface area contributed by atoms with E-state index >= 15 is 0 Å². The van der Waals surface area contributed by atoms with E-state index in [1.54, 1.807) is 7.11 Å². The zero-order valence-electron chi connectivity index (χ0n) is 11.3. The summed E-state index contributed by atoms with van der Waals surface area (Å²) < 4.78 is 5.09. The summed E-state index contributed by atoms with van der Waals surface area (Å²) in [7, 11) is 1.63. The molecule has 0 radical (unpaired) electrons. The maximum atomic E-state index is 5.94. The predicted molar refractivity (Wildman–Crippen MR) is 72.6 cm³/mol. The van der Waals surface area contributed by atoms with Crippen molar-refractivity contribution in [2.24, 2.45) is 11.7 Å². The molecular formula is C14H23N3O. The van der Waals surface area contributed by atoms with Crippen LogP contribution in [0.1, 0.15) is 31.4 Å². The standard InChI is InChI=1S/C14H23N3O/c1-3-11-6-7-17(10-11)13(8-15)12-4-5-14(18-2)16-9-12/h4-5,9,11,13H,3,6-8,10,15H2,1-2H3. The van der Waals surface area contributed by atoms with E-state index in [1.165, 1.54) is 18.4 Å². The van der Waals surface area contributed by atoms with Crippen LogP contribution in [0.25, 0.3) is 0 Å². The van der Waals surface area contributed by atoms with Crippen molar-refractivity contribution >= 4 is 0 Å². The quantitative estimate of drug-likeness (QED) is 0.865. The Morgan fingerprint density at radius 3 is 2.89 bits per heavy atom. The summed E-state index contributed by atoms with van der Waals surface area (Å²) in [5.41, 5.74) is 7.13. The molecule has 1 aromatic heterocycles. The Labute approximate surface area is 109 Å². The highest BCUT2D eigenvalue weighted by Gasteiger charge is 2.27. The second kappa shape index (κ2) is 6.16. The minimum atomic E-state index is 0.292. The van der Waals surface area contributed by atoms with Gasteiger partial charge in [0, 0.05) is 31.4 Å². The molecule has 0 spiro atoms. The zero-order chi connectivity index (χ0) is 13.0. The number of pyridine rings is 1. The lowest BCUT2D eigenvalue weighted by Gasteiger charge is -2.26. The average molecular weight is 249 g/mol. The van der Waals surface area contributed by atoms with Gasteiger partial charge in [-0.3, -0.25) is 4.90 Å². The zero-order valence-corrected chi connectivity index (χ0v) is 11.3. The van der Waals surface area contributed by atoms with E-state index in [-0.39, 0.29) is 0 Å². The van der Waals surface area contributed by atoms with Crippen molar-refractivity contribution in [2.75, 3.05) is 26.7 Å². The Balaban J connectivity index is 2.08.